The van der Waals surface area contributed by atoms with Crippen LogP contribution < -0.4 is 4.74 Å². The summed E-state index contributed by atoms with van der Waals surface area (Å²) in [7, 11) is 0. The van der Waals surface area contributed by atoms with Gasteiger partial charge < -0.3 is 9.30 Å². The zero-order valence-electron chi connectivity index (χ0n) is 25.1. The minimum absolute atomic E-state index is 0.309. The molecule has 5 aromatic carbocycles. The Hall–Kier alpha value is -5.08. The van der Waals surface area contributed by atoms with Gasteiger partial charge in [0.15, 0.2) is 0 Å². The fraction of sp³-hybridized carbons (Fsp3) is 0.122. The Balaban J connectivity index is 1.49. The summed E-state index contributed by atoms with van der Waals surface area (Å²) in [6.45, 7) is 8.79. The molecule has 0 N–H and O–H groups in total. The highest BCUT2D eigenvalue weighted by Gasteiger charge is 2.25. The topological polar surface area (TPSA) is 14.2 Å². The lowest BCUT2D eigenvalue weighted by Gasteiger charge is -2.21. The van der Waals surface area contributed by atoms with Gasteiger partial charge in [-0.3, -0.25) is 0 Å². The van der Waals surface area contributed by atoms with Crippen molar-refractivity contribution in [3.8, 4) is 33.7 Å². The van der Waals surface area contributed by atoms with Gasteiger partial charge >= 0.3 is 0 Å². The Labute approximate surface area is 254 Å². The third-order valence-electron chi connectivity index (χ3n) is 8.33. The summed E-state index contributed by atoms with van der Waals surface area (Å²) in [5.74, 6) is 2.08. The molecule has 2 nitrogen and oxygen atoms in total. The van der Waals surface area contributed by atoms with Crippen molar-refractivity contribution < 1.29 is 4.74 Å². The maximum atomic E-state index is 6.96. The molecule has 1 aliphatic heterocycles. The number of hydrogen-bond acceptors (Lipinski definition) is 1. The first-order valence-electron chi connectivity index (χ1n) is 15.1. The number of rotatable bonds is 4. The highest BCUT2D eigenvalue weighted by molar-refractivity contribution is 6.01. The summed E-state index contributed by atoms with van der Waals surface area (Å²) in [5.41, 5.74) is 13.0. The number of ether oxygens (including phenoxy) is 1. The van der Waals surface area contributed by atoms with E-state index in [0.717, 1.165) is 39.5 Å². The van der Waals surface area contributed by atoms with E-state index in [4.69, 9.17) is 4.74 Å². The first kappa shape index (κ1) is 26.8. The Morgan fingerprint density at radius 1 is 0.628 bits per heavy atom. The predicted molar refractivity (Wildman–Crippen MR) is 182 cm³/mol. The third kappa shape index (κ3) is 4.79. The summed E-state index contributed by atoms with van der Waals surface area (Å²) >= 11 is 0. The quantitative estimate of drug-likeness (QED) is 0.210. The second-order valence-electron chi connectivity index (χ2n) is 11.7. The van der Waals surface area contributed by atoms with Gasteiger partial charge in [-0.2, -0.15) is 0 Å². The zero-order chi connectivity index (χ0) is 29.5. The summed E-state index contributed by atoms with van der Waals surface area (Å²) in [6.07, 6.45) is 6.80. The number of benzene rings is 5. The molecule has 0 saturated heterocycles. The van der Waals surface area contributed by atoms with Crippen LogP contribution in [-0.2, 0) is 0 Å². The largest absolute Gasteiger partial charge is 0.456 e. The summed E-state index contributed by atoms with van der Waals surface area (Å²) in [6, 6.07) is 41.0. The molecule has 0 aliphatic carbocycles. The predicted octanol–water partition coefficient (Wildman–Crippen LogP) is 11.1. The molecular weight excluding hydrogens is 522 g/mol. The number of aromatic nitrogens is 1. The molecule has 1 aromatic heterocycles. The molecule has 0 fully saturated rings. The molecule has 2 heterocycles. The van der Waals surface area contributed by atoms with E-state index in [1.54, 1.807) is 0 Å². The standard InChI is InChI=1S/C41H35NO/c1-27(2)26-39-41-34-16-10-11-17-36(34)42(32-21-19-31(20-22-32)30-13-6-5-7-14-30)37(41)24-23-35-38(43-39)25-18-29(4)40(35)33-15-9-8-12-28(33)3/h5-27H,1-4H3/b24-23-,39-26-. The Morgan fingerprint density at radius 3 is 2.09 bits per heavy atom. The molecule has 2 heteroatoms. The van der Waals surface area contributed by atoms with Crippen molar-refractivity contribution in [2.75, 3.05) is 0 Å². The van der Waals surface area contributed by atoms with Crippen LogP contribution in [-0.4, -0.2) is 4.57 Å². The van der Waals surface area contributed by atoms with E-state index in [1.165, 1.54) is 38.8 Å². The summed E-state index contributed by atoms with van der Waals surface area (Å²) < 4.78 is 9.34. The van der Waals surface area contributed by atoms with Crippen LogP contribution in [0.3, 0.4) is 0 Å². The highest BCUT2D eigenvalue weighted by atomic mass is 16.5. The lowest BCUT2D eigenvalue weighted by Crippen LogP contribution is -2.05. The number of fused-ring (bicyclic) bond motifs is 4. The van der Waals surface area contributed by atoms with Crippen LogP contribution in [0.1, 0.15) is 41.8 Å². The Morgan fingerprint density at radius 2 is 1.33 bits per heavy atom. The fourth-order valence-corrected chi connectivity index (χ4v) is 6.31. The maximum absolute atomic E-state index is 6.96. The first-order chi connectivity index (χ1) is 21.0. The van der Waals surface area contributed by atoms with E-state index in [1.807, 2.05) is 0 Å². The van der Waals surface area contributed by atoms with Gasteiger partial charge in [-0.15, -0.1) is 0 Å². The molecule has 210 valence electrons. The van der Waals surface area contributed by atoms with Crippen LogP contribution in [0, 0.1) is 19.8 Å². The van der Waals surface area contributed by atoms with Gasteiger partial charge in [0.2, 0.25) is 0 Å². The summed E-state index contributed by atoms with van der Waals surface area (Å²) in [5, 5.41) is 1.18. The van der Waals surface area contributed by atoms with Crippen LogP contribution in [0.5, 0.6) is 5.75 Å². The number of nitrogens with zero attached hydrogens (tertiary/aromatic N) is 1. The van der Waals surface area contributed by atoms with Gasteiger partial charge in [-0.05, 0) is 95.6 Å². The number of aryl methyl sites for hydroxylation is 2. The molecule has 0 spiro atoms. The van der Waals surface area contributed by atoms with Crippen molar-refractivity contribution in [2.45, 2.75) is 27.7 Å². The molecule has 0 atom stereocenters. The highest BCUT2D eigenvalue weighted by Crippen LogP contribution is 2.43. The monoisotopic (exact) mass is 557 g/mol. The average molecular weight is 558 g/mol. The maximum Gasteiger partial charge on any atom is 0.135 e. The Kier molecular flexibility index (Phi) is 6.83. The number of para-hydroxylation sites is 1. The van der Waals surface area contributed by atoms with Gasteiger partial charge in [0.1, 0.15) is 11.5 Å². The Bertz CT molecular complexity index is 2020. The molecule has 0 bridgehead atoms. The second-order valence-corrected chi connectivity index (χ2v) is 11.7. The van der Waals surface area contributed by atoms with Crippen LogP contribution in [0.4, 0.5) is 0 Å². The van der Waals surface area contributed by atoms with Gasteiger partial charge in [0, 0.05) is 16.6 Å². The minimum Gasteiger partial charge on any atom is -0.456 e. The minimum atomic E-state index is 0.309. The van der Waals surface area contributed by atoms with E-state index in [0.29, 0.717) is 5.92 Å². The van der Waals surface area contributed by atoms with Crippen LogP contribution in [0.25, 0.3) is 56.8 Å². The van der Waals surface area contributed by atoms with Crippen LogP contribution >= 0.6 is 0 Å². The second kappa shape index (κ2) is 11.0. The normalized spacial score (nSPS) is 14.2. The first-order valence-corrected chi connectivity index (χ1v) is 15.1. The van der Waals surface area contributed by atoms with Gasteiger partial charge in [-0.25, -0.2) is 0 Å². The molecule has 1 aliphatic rings. The number of allylic oxidation sites excluding steroid dienone is 1. The van der Waals surface area contributed by atoms with E-state index in [2.05, 4.69) is 166 Å². The van der Waals surface area contributed by atoms with Crippen molar-refractivity contribution in [2.24, 2.45) is 5.92 Å². The van der Waals surface area contributed by atoms with Crippen molar-refractivity contribution >= 4 is 28.8 Å². The van der Waals surface area contributed by atoms with Crippen molar-refractivity contribution in [1.29, 1.82) is 0 Å². The van der Waals surface area contributed by atoms with Gasteiger partial charge in [0.25, 0.3) is 0 Å². The lowest BCUT2D eigenvalue weighted by molar-refractivity contribution is 0.508. The van der Waals surface area contributed by atoms with E-state index in [9.17, 15) is 0 Å². The number of hydrogen-bond donors (Lipinski definition) is 0. The van der Waals surface area contributed by atoms with Crippen molar-refractivity contribution in [1.82, 2.24) is 4.57 Å². The fourth-order valence-electron chi connectivity index (χ4n) is 6.31. The smallest absolute Gasteiger partial charge is 0.135 e. The van der Waals surface area contributed by atoms with Crippen LogP contribution in [0.2, 0.25) is 0 Å². The molecule has 0 saturated carbocycles. The molecule has 6 aromatic rings. The molecule has 0 amide bonds. The molecule has 0 radical (unpaired) electrons. The van der Waals surface area contributed by atoms with Gasteiger partial charge in [0.05, 0.1) is 16.8 Å². The average Bonchev–Trinajstić information content (AvgIpc) is 3.34. The molecule has 43 heavy (non-hydrogen) atoms. The van der Waals surface area contributed by atoms with Crippen molar-refractivity contribution in [3.05, 3.63) is 149 Å². The molecule has 0 unspecified atom stereocenters. The van der Waals surface area contributed by atoms with Crippen LogP contribution in [0.15, 0.2) is 121 Å². The van der Waals surface area contributed by atoms with Gasteiger partial charge in [-0.1, -0.05) is 105 Å². The molecular formula is C41H35NO. The van der Waals surface area contributed by atoms with E-state index >= 15 is 0 Å². The van der Waals surface area contributed by atoms with E-state index in [-0.39, 0.29) is 0 Å². The SMILES string of the molecule is Cc1ccccc1-c1c(C)ccc2c1/C=C\c1c(c3ccccc3n1-c1ccc(-c3ccccc3)cc1)/C(=C/C(C)C)O2. The van der Waals surface area contributed by atoms with E-state index < -0.39 is 0 Å². The molecule has 7 rings (SSSR count). The summed E-state index contributed by atoms with van der Waals surface area (Å²) in [4.78, 5) is 0. The third-order valence-corrected chi connectivity index (χ3v) is 8.33. The lowest BCUT2D eigenvalue weighted by atomic mass is 9.90. The zero-order valence-corrected chi connectivity index (χ0v) is 25.1. The van der Waals surface area contributed by atoms with Crippen molar-refractivity contribution in [3.63, 3.8) is 0 Å².